The van der Waals surface area contributed by atoms with Crippen LogP contribution in [0.5, 0.6) is 11.5 Å². The zero-order chi connectivity index (χ0) is 18.8. The number of halogens is 2. The molecule has 0 fully saturated rings. The van der Waals surface area contributed by atoms with Crippen molar-refractivity contribution in [1.82, 2.24) is 9.97 Å². The van der Waals surface area contributed by atoms with Crippen molar-refractivity contribution < 1.29 is 18.7 Å². The van der Waals surface area contributed by atoms with Crippen LogP contribution in [0.3, 0.4) is 0 Å². The predicted octanol–water partition coefficient (Wildman–Crippen LogP) is 3.99. The van der Waals surface area contributed by atoms with Crippen molar-refractivity contribution in [3.63, 3.8) is 0 Å². The van der Waals surface area contributed by atoms with E-state index in [9.17, 15) is 9.18 Å². The van der Waals surface area contributed by atoms with Crippen molar-refractivity contribution in [2.45, 2.75) is 0 Å². The number of nitrogens with one attached hydrogen (secondary N) is 2. The maximum absolute atomic E-state index is 13.2. The van der Waals surface area contributed by atoms with Crippen LogP contribution in [0.1, 0.15) is 10.4 Å². The molecule has 0 unspecified atom stereocenters. The molecule has 0 bridgehead atoms. The fraction of sp³-hybridized carbons (Fsp3) is 0.0556. The van der Waals surface area contributed by atoms with Crippen molar-refractivity contribution in [2.24, 2.45) is 0 Å². The standard InChI is InChI=1S/C18H12ClFN4O3/c19-13-5-11(1-3-14(13)20)24-18-21-7-10(8-22-18)17(25)23-12-2-4-15-16(6-12)27-9-26-15/h1-8H,9H2,(H,23,25)(H,21,22,24). The SMILES string of the molecule is O=C(Nc1ccc2c(c1)OCO2)c1cnc(Nc2ccc(F)c(Cl)c2)nc1. The van der Waals surface area contributed by atoms with Gasteiger partial charge in [0.25, 0.3) is 5.91 Å². The number of hydrogen-bond acceptors (Lipinski definition) is 6. The van der Waals surface area contributed by atoms with Gasteiger partial charge >= 0.3 is 0 Å². The van der Waals surface area contributed by atoms with E-state index in [2.05, 4.69) is 20.6 Å². The Morgan fingerprint density at radius 2 is 1.78 bits per heavy atom. The Balaban J connectivity index is 1.43. The largest absolute Gasteiger partial charge is 0.454 e. The molecule has 0 atom stereocenters. The highest BCUT2D eigenvalue weighted by molar-refractivity contribution is 6.31. The molecular formula is C18H12ClFN4O3. The lowest BCUT2D eigenvalue weighted by Crippen LogP contribution is -2.13. The number of carbonyl (C=O) groups excluding carboxylic acids is 1. The number of amides is 1. The summed E-state index contributed by atoms with van der Waals surface area (Å²) in [7, 11) is 0. The molecule has 1 aliphatic heterocycles. The number of benzene rings is 2. The smallest absolute Gasteiger partial charge is 0.258 e. The molecule has 9 heteroatoms. The number of rotatable bonds is 4. The normalized spacial score (nSPS) is 11.9. The van der Waals surface area contributed by atoms with E-state index in [1.54, 1.807) is 18.2 Å². The summed E-state index contributed by atoms with van der Waals surface area (Å²) >= 11 is 5.73. The van der Waals surface area contributed by atoms with E-state index < -0.39 is 5.82 Å². The first-order valence-corrected chi connectivity index (χ1v) is 8.21. The third kappa shape index (κ3) is 3.75. The van der Waals surface area contributed by atoms with Crippen LogP contribution in [0, 0.1) is 5.82 Å². The highest BCUT2D eigenvalue weighted by Crippen LogP contribution is 2.34. The highest BCUT2D eigenvalue weighted by Gasteiger charge is 2.15. The summed E-state index contributed by atoms with van der Waals surface area (Å²) in [6.45, 7) is 0.161. The molecule has 2 N–H and O–H groups in total. The van der Waals surface area contributed by atoms with Gasteiger partial charge < -0.3 is 20.1 Å². The average Bonchev–Trinajstić information content (AvgIpc) is 3.13. The van der Waals surface area contributed by atoms with Gasteiger partial charge in [-0.25, -0.2) is 14.4 Å². The highest BCUT2D eigenvalue weighted by atomic mass is 35.5. The van der Waals surface area contributed by atoms with E-state index in [1.165, 1.54) is 30.6 Å². The number of ether oxygens (including phenoxy) is 2. The van der Waals surface area contributed by atoms with Crippen LogP contribution in [0.15, 0.2) is 48.8 Å². The van der Waals surface area contributed by atoms with Crippen LogP contribution in [-0.4, -0.2) is 22.7 Å². The van der Waals surface area contributed by atoms with Gasteiger partial charge in [0.15, 0.2) is 11.5 Å². The fourth-order valence-electron chi connectivity index (χ4n) is 2.39. The van der Waals surface area contributed by atoms with E-state index in [0.29, 0.717) is 22.9 Å². The second-order valence-electron chi connectivity index (χ2n) is 5.57. The van der Waals surface area contributed by atoms with E-state index in [-0.39, 0.29) is 29.2 Å². The number of carbonyl (C=O) groups is 1. The van der Waals surface area contributed by atoms with Crippen LogP contribution in [0.4, 0.5) is 21.7 Å². The first kappa shape index (κ1) is 17.0. The molecule has 136 valence electrons. The van der Waals surface area contributed by atoms with Gasteiger partial charge in [0.1, 0.15) is 5.82 Å². The molecule has 2 heterocycles. The average molecular weight is 387 g/mol. The van der Waals surface area contributed by atoms with Gasteiger partial charge in [-0.15, -0.1) is 0 Å². The molecule has 0 radical (unpaired) electrons. The minimum atomic E-state index is -0.515. The molecule has 0 saturated carbocycles. The first-order chi connectivity index (χ1) is 13.1. The molecule has 1 amide bonds. The first-order valence-electron chi connectivity index (χ1n) is 7.83. The Morgan fingerprint density at radius 3 is 2.56 bits per heavy atom. The van der Waals surface area contributed by atoms with Crippen molar-refractivity contribution >= 4 is 34.8 Å². The van der Waals surface area contributed by atoms with Crippen molar-refractivity contribution in [2.75, 3.05) is 17.4 Å². The van der Waals surface area contributed by atoms with E-state index in [0.717, 1.165) is 0 Å². The van der Waals surface area contributed by atoms with Crippen LogP contribution < -0.4 is 20.1 Å². The van der Waals surface area contributed by atoms with E-state index in [4.69, 9.17) is 21.1 Å². The number of fused-ring (bicyclic) bond motifs is 1. The van der Waals surface area contributed by atoms with Crippen LogP contribution >= 0.6 is 11.6 Å². The quantitative estimate of drug-likeness (QED) is 0.705. The molecule has 2 aromatic carbocycles. The van der Waals surface area contributed by atoms with Crippen molar-refractivity contribution in [3.05, 3.63) is 65.2 Å². The third-order valence-electron chi connectivity index (χ3n) is 3.72. The molecule has 1 aliphatic rings. The lowest BCUT2D eigenvalue weighted by Gasteiger charge is -2.08. The molecule has 1 aromatic heterocycles. The fourth-order valence-corrected chi connectivity index (χ4v) is 2.57. The molecule has 0 spiro atoms. The summed E-state index contributed by atoms with van der Waals surface area (Å²) in [4.78, 5) is 20.5. The monoisotopic (exact) mass is 386 g/mol. The van der Waals surface area contributed by atoms with E-state index >= 15 is 0 Å². The minimum absolute atomic E-state index is 0.0141. The summed E-state index contributed by atoms with van der Waals surface area (Å²) in [6.07, 6.45) is 2.76. The second kappa shape index (κ2) is 7.08. The van der Waals surface area contributed by atoms with Gasteiger partial charge in [-0.1, -0.05) is 11.6 Å². The predicted molar refractivity (Wildman–Crippen MR) is 97.2 cm³/mol. The molecule has 4 rings (SSSR count). The maximum Gasteiger partial charge on any atom is 0.258 e. The number of hydrogen-bond donors (Lipinski definition) is 2. The number of anilines is 3. The Labute approximate surface area is 158 Å². The molecular weight excluding hydrogens is 375 g/mol. The molecule has 0 aliphatic carbocycles. The van der Waals surface area contributed by atoms with Gasteiger partial charge in [-0.3, -0.25) is 4.79 Å². The zero-order valence-corrected chi connectivity index (χ0v) is 14.5. The van der Waals surface area contributed by atoms with Crippen molar-refractivity contribution in [1.29, 1.82) is 0 Å². The number of nitrogens with zero attached hydrogens (tertiary/aromatic N) is 2. The van der Waals surface area contributed by atoms with E-state index in [1.807, 2.05) is 0 Å². The summed E-state index contributed by atoms with van der Waals surface area (Å²) < 4.78 is 23.7. The molecule has 3 aromatic rings. The number of aromatic nitrogens is 2. The summed E-state index contributed by atoms with van der Waals surface area (Å²) in [5, 5.41) is 5.60. The molecule has 0 saturated heterocycles. The third-order valence-corrected chi connectivity index (χ3v) is 4.01. The topological polar surface area (TPSA) is 85.4 Å². The van der Waals surface area contributed by atoms with Gasteiger partial charge in [-0.2, -0.15) is 0 Å². The minimum Gasteiger partial charge on any atom is -0.454 e. The Hall–Kier alpha value is -3.39. The summed E-state index contributed by atoms with van der Waals surface area (Å²) in [5.41, 5.74) is 1.36. The lowest BCUT2D eigenvalue weighted by molar-refractivity contribution is 0.102. The van der Waals surface area contributed by atoms with Gasteiger partial charge in [0, 0.05) is 29.8 Å². The summed E-state index contributed by atoms with van der Waals surface area (Å²) in [5.74, 6) is 0.565. The Bertz CT molecular complexity index is 1010. The van der Waals surface area contributed by atoms with Crippen LogP contribution in [0.25, 0.3) is 0 Å². The molecule has 7 nitrogen and oxygen atoms in total. The van der Waals surface area contributed by atoms with Crippen molar-refractivity contribution in [3.8, 4) is 11.5 Å². The maximum atomic E-state index is 13.2. The lowest BCUT2D eigenvalue weighted by atomic mass is 10.2. The van der Waals surface area contributed by atoms with Crippen LogP contribution in [0.2, 0.25) is 5.02 Å². The van der Waals surface area contributed by atoms with Gasteiger partial charge in [-0.05, 0) is 30.3 Å². The summed E-state index contributed by atoms with van der Waals surface area (Å²) in [6, 6.07) is 9.26. The Kier molecular flexibility index (Phi) is 4.47. The zero-order valence-electron chi connectivity index (χ0n) is 13.7. The van der Waals surface area contributed by atoms with Crippen LogP contribution in [-0.2, 0) is 0 Å². The Morgan fingerprint density at radius 1 is 1.04 bits per heavy atom. The van der Waals surface area contributed by atoms with Gasteiger partial charge in [0.2, 0.25) is 12.7 Å². The molecule has 27 heavy (non-hydrogen) atoms. The van der Waals surface area contributed by atoms with Gasteiger partial charge in [0.05, 0.1) is 10.6 Å². The second-order valence-corrected chi connectivity index (χ2v) is 5.98.